The van der Waals surface area contributed by atoms with E-state index in [1.165, 1.54) is 0 Å². The third-order valence-corrected chi connectivity index (χ3v) is 2.93. The predicted molar refractivity (Wildman–Crippen MR) is 44.4 cm³/mol. The predicted octanol–water partition coefficient (Wildman–Crippen LogP) is -5.76. The lowest BCUT2D eigenvalue weighted by molar-refractivity contribution is -0.315. The highest BCUT2D eigenvalue weighted by molar-refractivity contribution is 8.01. The van der Waals surface area contributed by atoms with Crippen molar-refractivity contribution in [2.75, 3.05) is 0 Å². The molecule has 0 aromatic heterocycles. The van der Waals surface area contributed by atoms with E-state index >= 15 is 0 Å². The van der Waals surface area contributed by atoms with Crippen LogP contribution in [0.3, 0.4) is 0 Å². The summed E-state index contributed by atoms with van der Waals surface area (Å²) in [5.74, 6) is -7.11. The fourth-order valence-corrected chi connectivity index (χ4v) is 1.96. The highest BCUT2D eigenvalue weighted by Gasteiger charge is 2.19. The Morgan fingerprint density at radius 1 is 0.765 bits per heavy atom. The first kappa shape index (κ1) is 15.2. The van der Waals surface area contributed by atoms with E-state index in [9.17, 15) is 39.6 Å². The first-order chi connectivity index (χ1) is 7.73. The van der Waals surface area contributed by atoms with E-state index in [-0.39, 0.29) is 11.8 Å². The Morgan fingerprint density at radius 2 is 1.06 bits per heavy atom. The average Bonchev–Trinajstić information content (AvgIpc) is 2.13. The molecule has 0 bridgehead atoms. The van der Waals surface area contributed by atoms with Crippen molar-refractivity contribution in [3.05, 3.63) is 0 Å². The van der Waals surface area contributed by atoms with E-state index in [1.54, 1.807) is 0 Å². The van der Waals surface area contributed by atoms with Gasteiger partial charge in [0.2, 0.25) is 0 Å². The largest absolute Gasteiger partial charge is 0.550 e. The third kappa shape index (κ3) is 6.40. The lowest BCUT2D eigenvalue weighted by atomic mass is 10.3. The highest BCUT2D eigenvalue weighted by Crippen LogP contribution is 2.22. The molecule has 0 N–H and O–H groups in total. The molecule has 0 aliphatic carbocycles. The van der Waals surface area contributed by atoms with Crippen molar-refractivity contribution in [3.8, 4) is 0 Å². The lowest BCUT2D eigenvalue weighted by Gasteiger charge is -2.25. The summed E-state index contributed by atoms with van der Waals surface area (Å²) in [6.45, 7) is 0. The van der Waals surface area contributed by atoms with Crippen LogP contribution in [0.1, 0.15) is 12.8 Å². The molecule has 0 amide bonds. The zero-order chi connectivity index (χ0) is 13.6. The molecule has 96 valence electrons. The first-order valence-corrected chi connectivity index (χ1v) is 5.15. The minimum absolute atomic E-state index is 0.0969. The lowest BCUT2D eigenvalue weighted by Crippen LogP contribution is -2.43. The van der Waals surface area contributed by atoms with Crippen molar-refractivity contribution in [2.45, 2.75) is 23.3 Å². The number of rotatable bonds is 8. The number of carboxylic acid groups (broad SMARTS) is 4. The molecule has 0 spiro atoms. The van der Waals surface area contributed by atoms with Crippen molar-refractivity contribution in [2.24, 2.45) is 0 Å². The van der Waals surface area contributed by atoms with E-state index in [0.29, 0.717) is 0 Å². The van der Waals surface area contributed by atoms with Crippen LogP contribution >= 0.6 is 11.8 Å². The summed E-state index contributed by atoms with van der Waals surface area (Å²) in [5.41, 5.74) is 0. The smallest absolute Gasteiger partial charge is 0.0548 e. The first-order valence-electron chi connectivity index (χ1n) is 4.21. The van der Waals surface area contributed by atoms with Crippen LogP contribution in [0, 0.1) is 0 Å². The maximum atomic E-state index is 10.5. The topological polar surface area (TPSA) is 161 Å². The van der Waals surface area contributed by atoms with E-state index < -0.39 is 47.2 Å². The SMILES string of the molecule is O=C([O-])C[C@H](S[C@H](CC(=O)[O-])C(=O)[O-])C(=O)[O-]. The summed E-state index contributed by atoms with van der Waals surface area (Å²) in [5, 5.41) is 37.9. The molecule has 0 heterocycles. The molecule has 2 atom stereocenters. The molecular formula is C8H6O8S-4. The second kappa shape index (κ2) is 6.74. The highest BCUT2D eigenvalue weighted by atomic mass is 32.2. The molecule has 0 aromatic carbocycles. The van der Waals surface area contributed by atoms with Crippen molar-refractivity contribution < 1.29 is 39.6 Å². The minimum Gasteiger partial charge on any atom is -0.550 e. The normalized spacial score (nSPS) is 13.6. The van der Waals surface area contributed by atoms with Gasteiger partial charge in [-0.2, -0.15) is 0 Å². The second-order valence-corrected chi connectivity index (χ2v) is 4.31. The van der Waals surface area contributed by atoms with Gasteiger partial charge in [0.1, 0.15) is 0 Å². The van der Waals surface area contributed by atoms with Crippen LogP contribution in [0.5, 0.6) is 0 Å². The summed E-state index contributed by atoms with van der Waals surface area (Å²) in [7, 11) is 0. The Balaban J connectivity index is 4.67. The van der Waals surface area contributed by atoms with Gasteiger partial charge in [-0.15, -0.1) is 11.8 Å². The van der Waals surface area contributed by atoms with Crippen LogP contribution in [0.15, 0.2) is 0 Å². The Morgan fingerprint density at radius 3 is 1.24 bits per heavy atom. The summed E-state index contributed by atoms with van der Waals surface area (Å²) in [6, 6.07) is 0. The maximum absolute atomic E-state index is 10.5. The van der Waals surface area contributed by atoms with Gasteiger partial charge < -0.3 is 39.6 Å². The average molecular weight is 262 g/mol. The maximum Gasteiger partial charge on any atom is 0.0548 e. The second-order valence-electron chi connectivity index (χ2n) is 2.90. The van der Waals surface area contributed by atoms with Crippen LogP contribution in [-0.2, 0) is 19.2 Å². The molecule has 0 radical (unpaired) electrons. The number of hydrogen-bond donors (Lipinski definition) is 0. The van der Waals surface area contributed by atoms with Crippen LogP contribution in [-0.4, -0.2) is 34.4 Å². The molecule has 0 unspecified atom stereocenters. The molecule has 0 saturated carbocycles. The Labute approximate surface area is 99.2 Å². The molecule has 0 rings (SSSR count). The zero-order valence-electron chi connectivity index (χ0n) is 8.24. The number of aliphatic carboxylic acids is 4. The fourth-order valence-electron chi connectivity index (χ4n) is 0.875. The van der Waals surface area contributed by atoms with Gasteiger partial charge in [0.05, 0.1) is 22.4 Å². The van der Waals surface area contributed by atoms with Gasteiger partial charge in [-0.3, -0.25) is 0 Å². The molecule has 17 heavy (non-hydrogen) atoms. The molecule has 8 nitrogen and oxygen atoms in total. The van der Waals surface area contributed by atoms with E-state index in [1.807, 2.05) is 0 Å². The number of carboxylic acids is 4. The van der Waals surface area contributed by atoms with Gasteiger partial charge >= 0.3 is 0 Å². The minimum atomic E-state index is -1.83. The van der Waals surface area contributed by atoms with Crippen LogP contribution in [0.2, 0.25) is 0 Å². The molecule has 9 heteroatoms. The number of carbonyl (C=O) groups is 4. The standard InChI is InChI=1S/C8H10O8S/c9-5(10)1-3(7(13)14)17-4(8(15)16)2-6(11)12/h3-4H,1-2H2,(H,9,10)(H,11,12)(H,13,14)(H,15,16)/p-4/t3-,4+. The Kier molecular flexibility index (Phi) is 6.03. The number of thioether (sulfide) groups is 1. The van der Waals surface area contributed by atoms with Crippen molar-refractivity contribution >= 4 is 35.6 Å². The summed E-state index contributed by atoms with van der Waals surface area (Å²) in [6.07, 6.45) is -1.99. The van der Waals surface area contributed by atoms with E-state index in [4.69, 9.17) is 0 Å². The Bertz CT molecular complexity index is 306. The molecule has 0 aliphatic rings. The summed E-state index contributed by atoms with van der Waals surface area (Å²) < 4.78 is 0. The van der Waals surface area contributed by atoms with Crippen molar-refractivity contribution in [1.82, 2.24) is 0 Å². The van der Waals surface area contributed by atoms with E-state index in [2.05, 4.69) is 0 Å². The molecular weight excluding hydrogens is 256 g/mol. The fraction of sp³-hybridized carbons (Fsp3) is 0.500. The molecule has 0 fully saturated rings. The van der Waals surface area contributed by atoms with Gasteiger partial charge in [-0.1, -0.05) is 0 Å². The zero-order valence-corrected chi connectivity index (χ0v) is 9.06. The van der Waals surface area contributed by atoms with Gasteiger partial charge in [0.25, 0.3) is 0 Å². The van der Waals surface area contributed by atoms with Crippen LogP contribution < -0.4 is 20.4 Å². The van der Waals surface area contributed by atoms with Crippen LogP contribution in [0.25, 0.3) is 0 Å². The van der Waals surface area contributed by atoms with Gasteiger partial charge in [0.15, 0.2) is 0 Å². The van der Waals surface area contributed by atoms with Crippen LogP contribution in [0.4, 0.5) is 0 Å². The summed E-state index contributed by atoms with van der Waals surface area (Å²) >= 11 is 0.0969. The molecule has 0 saturated heterocycles. The van der Waals surface area contributed by atoms with Gasteiger partial charge in [-0.25, -0.2) is 0 Å². The van der Waals surface area contributed by atoms with E-state index in [0.717, 1.165) is 0 Å². The van der Waals surface area contributed by atoms with Gasteiger partial charge in [0, 0.05) is 24.8 Å². The summed E-state index contributed by atoms with van der Waals surface area (Å²) in [4.78, 5) is 41.3. The quantitative estimate of drug-likeness (QED) is 0.414. The molecule has 0 aliphatic heterocycles. The molecule has 0 aromatic rings. The van der Waals surface area contributed by atoms with Crippen molar-refractivity contribution in [3.63, 3.8) is 0 Å². The number of carbonyl (C=O) groups excluding carboxylic acids is 4. The third-order valence-electron chi connectivity index (χ3n) is 1.56. The Hall–Kier alpha value is -1.77. The number of hydrogen-bond acceptors (Lipinski definition) is 9. The van der Waals surface area contributed by atoms with Crippen molar-refractivity contribution in [1.29, 1.82) is 0 Å². The monoisotopic (exact) mass is 262 g/mol. The van der Waals surface area contributed by atoms with Gasteiger partial charge in [-0.05, 0) is 0 Å².